The maximum atomic E-state index is 16.0. The van der Waals surface area contributed by atoms with E-state index in [1.54, 1.807) is 138 Å². The second-order valence-electron chi connectivity index (χ2n) is 23.1. The summed E-state index contributed by atoms with van der Waals surface area (Å²) in [5, 5.41) is 2.83. The van der Waals surface area contributed by atoms with E-state index in [4.69, 9.17) is 28.1 Å². The Hall–Kier alpha value is -4.93. The van der Waals surface area contributed by atoms with Crippen LogP contribution in [-0.2, 0) is 63.5 Å². The number of hydrogen-bond acceptors (Lipinski definition) is 12. The minimum absolute atomic E-state index is 0.114. The molecule has 1 N–H and O–H groups in total. The molecular weight excluding hydrogens is 892 g/mol. The average molecular weight is 969 g/mol. The molecule has 6 atom stereocenters. The number of esters is 4. The van der Waals surface area contributed by atoms with Gasteiger partial charge in [-0.25, -0.2) is 4.39 Å². The quantitative estimate of drug-likeness (QED) is 0.0689. The lowest BCUT2D eigenvalue weighted by atomic mass is 9.91. The molecule has 1 aliphatic rings. The smallest absolute Gasteiger partial charge is 0.311 e. The summed E-state index contributed by atoms with van der Waals surface area (Å²) in [6, 6.07) is 14.2. The molecule has 0 bridgehead atoms. The first-order valence-corrected chi connectivity index (χ1v) is 26.1. The molecule has 1 heterocycles. The Morgan fingerprint density at radius 3 is 1.69 bits per heavy atom. The molecule has 4 unspecified atom stereocenters. The van der Waals surface area contributed by atoms with E-state index in [1.165, 1.54) is 6.08 Å². The van der Waals surface area contributed by atoms with Crippen molar-refractivity contribution in [2.45, 2.75) is 178 Å². The molecule has 14 nitrogen and oxygen atoms in total. The van der Waals surface area contributed by atoms with Gasteiger partial charge in [-0.3, -0.25) is 28.8 Å². The Morgan fingerprint density at radius 1 is 0.706 bits per heavy atom. The number of halogens is 1. The van der Waals surface area contributed by atoms with Gasteiger partial charge in [-0.15, -0.1) is 0 Å². The summed E-state index contributed by atoms with van der Waals surface area (Å²) < 4.78 is 53.4. The molecule has 0 aliphatic carbocycles. The number of nitrogens with zero attached hydrogens (tertiary/aromatic N) is 1. The van der Waals surface area contributed by atoms with Crippen molar-refractivity contribution in [2.24, 2.45) is 21.7 Å². The van der Waals surface area contributed by atoms with Gasteiger partial charge in [0.05, 0.1) is 28.3 Å². The number of para-hydroxylation sites is 1. The second-order valence-corrected chi connectivity index (χ2v) is 27.9. The molecule has 2 amide bonds. The number of rotatable bonds is 17. The van der Waals surface area contributed by atoms with Crippen molar-refractivity contribution in [1.82, 2.24) is 4.90 Å². The minimum atomic E-state index is -2.27. The van der Waals surface area contributed by atoms with Crippen LogP contribution in [0.1, 0.15) is 128 Å². The van der Waals surface area contributed by atoms with E-state index in [0.717, 1.165) is 4.90 Å². The van der Waals surface area contributed by atoms with E-state index >= 15 is 4.39 Å². The van der Waals surface area contributed by atoms with Crippen LogP contribution in [0.5, 0.6) is 0 Å². The number of allylic oxidation sites excluding steroid dienone is 1. The standard InChI is InChI=1S/C52H77FN2O12Si/c1-48(2,3)44(58)62-31-38-39(65-45(59)49(4,5)6)40(66-46(60)50(7,8)9)41(67-47(61)51(10,11)12)43(64-38)55(32-56)37(28-27-35(53)29-33-23-19-18-20-24-33)42(57)54-36-26-22-21-25-34(36)30-63-68(16,17)52(13,14)15/h18-26,29,32,37-41,43H,27-28,30-31H2,1-17H3,(H,54,57)/b35-29-/t37?,38?,39-,40?,41?,43+/m0/s1. The third-order valence-electron chi connectivity index (χ3n) is 11.7. The number of nitrogens with one attached hydrogen (secondary N) is 1. The van der Waals surface area contributed by atoms with E-state index in [1.807, 2.05) is 0 Å². The maximum Gasteiger partial charge on any atom is 0.311 e. The zero-order chi connectivity index (χ0) is 51.8. The number of hydrogen-bond donors (Lipinski definition) is 1. The Bertz CT molecular complexity index is 2110. The summed E-state index contributed by atoms with van der Waals surface area (Å²) in [7, 11) is -2.27. The highest BCUT2D eigenvalue weighted by molar-refractivity contribution is 6.74. The molecule has 0 saturated carbocycles. The van der Waals surface area contributed by atoms with Gasteiger partial charge in [-0.2, -0.15) is 0 Å². The van der Waals surface area contributed by atoms with Gasteiger partial charge in [-0.1, -0.05) is 69.3 Å². The van der Waals surface area contributed by atoms with Crippen LogP contribution in [0.3, 0.4) is 0 Å². The first-order valence-electron chi connectivity index (χ1n) is 23.2. The van der Waals surface area contributed by atoms with Crippen LogP contribution in [0.25, 0.3) is 6.08 Å². The summed E-state index contributed by atoms with van der Waals surface area (Å²) in [6.45, 7) is 29.3. The number of carbonyl (C=O) groups is 6. The summed E-state index contributed by atoms with van der Waals surface area (Å²) in [6.07, 6.45) is -7.46. The normalized spacial score (nSPS) is 20.1. The van der Waals surface area contributed by atoms with E-state index < -0.39 is 109 Å². The Morgan fingerprint density at radius 2 is 1.19 bits per heavy atom. The Labute approximate surface area is 404 Å². The van der Waals surface area contributed by atoms with Crippen molar-refractivity contribution in [2.75, 3.05) is 11.9 Å². The highest BCUT2D eigenvalue weighted by Gasteiger charge is 2.57. The van der Waals surface area contributed by atoms with Crippen molar-refractivity contribution >= 4 is 56.3 Å². The molecular formula is C52H77FN2O12Si. The Kier molecular flexibility index (Phi) is 19.1. The SMILES string of the molecule is CC(C)(C)C(=O)OCC1O[C@@H](N(C=O)C(CC/C(F)=C/c2ccccc2)C(=O)Nc2ccccc2CO[Si](C)(C)C(C)(C)C)C(OC(=O)C(C)(C)C)C(OC(=O)C(C)(C)C)[C@H]1OC(=O)C(C)(C)C. The lowest BCUT2D eigenvalue weighted by Gasteiger charge is -2.49. The van der Waals surface area contributed by atoms with Crippen LogP contribution in [0.4, 0.5) is 10.1 Å². The fourth-order valence-corrected chi connectivity index (χ4v) is 7.16. The summed E-state index contributed by atoms with van der Waals surface area (Å²) in [5.74, 6) is -4.44. The fraction of sp³-hybridized carbons (Fsp3) is 0.615. The molecule has 16 heteroatoms. The minimum Gasteiger partial charge on any atom is -0.462 e. The third kappa shape index (κ3) is 16.1. The van der Waals surface area contributed by atoms with Crippen LogP contribution in [0.15, 0.2) is 60.4 Å². The van der Waals surface area contributed by atoms with Gasteiger partial charge in [0.25, 0.3) is 0 Å². The third-order valence-corrected chi connectivity index (χ3v) is 16.2. The highest BCUT2D eigenvalue weighted by atomic mass is 28.4. The lowest BCUT2D eigenvalue weighted by Crippen LogP contribution is -2.68. The zero-order valence-electron chi connectivity index (χ0n) is 43.4. The zero-order valence-corrected chi connectivity index (χ0v) is 44.4. The van der Waals surface area contributed by atoms with Crippen LogP contribution in [0, 0.1) is 21.7 Å². The van der Waals surface area contributed by atoms with E-state index in [0.29, 0.717) is 23.2 Å². The predicted octanol–water partition coefficient (Wildman–Crippen LogP) is 9.95. The van der Waals surface area contributed by atoms with Crippen molar-refractivity contribution in [3.05, 3.63) is 71.6 Å². The van der Waals surface area contributed by atoms with E-state index in [9.17, 15) is 28.8 Å². The first kappa shape index (κ1) is 57.4. The number of amides is 2. The molecule has 1 aliphatic heterocycles. The molecule has 2 aromatic carbocycles. The monoisotopic (exact) mass is 969 g/mol. The number of benzene rings is 2. The van der Waals surface area contributed by atoms with Gasteiger partial charge < -0.3 is 38.3 Å². The number of carbonyl (C=O) groups excluding carboxylic acids is 6. The fourth-order valence-electron chi connectivity index (χ4n) is 6.21. The van der Waals surface area contributed by atoms with Gasteiger partial charge in [-0.05, 0) is 131 Å². The van der Waals surface area contributed by atoms with Crippen LogP contribution >= 0.6 is 0 Å². The van der Waals surface area contributed by atoms with Crippen molar-refractivity contribution in [1.29, 1.82) is 0 Å². The lowest BCUT2D eigenvalue weighted by molar-refractivity contribution is -0.282. The summed E-state index contributed by atoms with van der Waals surface area (Å²) in [4.78, 5) is 84.9. The molecule has 3 rings (SSSR count). The van der Waals surface area contributed by atoms with Crippen molar-refractivity contribution in [3.63, 3.8) is 0 Å². The molecule has 1 saturated heterocycles. The molecule has 0 spiro atoms. The van der Waals surface area contributed by atoms with Gasteiger partial charge in [0, 0.05) is 12.1 Å². The maximum absolute atomic E-state index is 16.0. The summed E-state index contributed by atoms with van der Waals surface area (Å²) >= 11 is 0. The predicted molar refractivity (Wildman–Crippen MR) is 261 cm³/mol. The van der Waals surface area contributed by atoms with Crippen molar-refractivity contribution in [3.8, 4) is 0 Å². The Balaban J connectivity index is 2.34. The van der Waals surface area contributed by atoms with E-state index in [-0.39, 0.29) is 24.5 Å². The highest BCUT2D eigenvalue weighted by Crippen LogP contribution is 2.39. The van der Waals surface area contributed by atoms with Crippen LogP contribution < -0.4 is 5.32 Å². The van der Waals surface area contributed by atoms with Crippen molar-refractivity contribution < 1.29 is 61.3 Å². The largest absolute Gasteiger partial charge is 0.462 e. The first-order chi connectivity index (χ1) is 31.1. The molecule has 0 radical (unpaired) electrons. The molecule has 68 heavy (non-hydrogen) atoms. The molecule has 2 aromatic rings. The van der Waals surface area contributed by atoms with Gasteiger partial charge in [0.1, 0.15) is 24.6 Å². The van der Waals surface area contributed by atoms with Crippen LogP contribution in [-0.4, -0.2) is 92.7 Å². The topological polar surface area (TPSA) is 173 Å². The van der Waals surface area contributed by atoms with E-state index in [2.05, 4.69) is 39.2 Å². The van der Waals surface area contributed by atoms with Crippen LogP contribution in [0.2, 0.25) is 18.1 Å². The summed E-state index contributed by atoms with van der Waals surface area (Å²) in [5.41, 5.74) is -2.92. The van der Waals surface area contributed by atoms with Gasteiger partial charge in [0.15, 0.2) is 32.9 Å². The molecule has 1 fully saturated rings. The second kappa shape index (κ2) is 22.7. The van der Waals surface area contributed by atoms with Gasteiger partial charge in [0.2, 0.25) is 12.3 Å². The molecule has 378 valence electrons. The average Bonchev–Trinajstić information content (AvgIpc) is 3.21. The molecule has 0 aromatic heterocycles. The number of anilines is 1. The van der Waals surface area contributed by atoms with Gasteiger partial charge >= 0.3 is 23.9 Å². The number of ether oxygens (including phenoxy) is 5.